The van der Waals surface area contributed by atoms with Crippen molar-refractivity contribution in [2.24, 2.45) is 17.2 Å². The van der Waals surface area contributed by atoms with Crippen LogP contribution in [0.2, 0.25) is 0 Å². The maximum absolute atomic E-state index is 15.5. The van der Waals surface area contributed by atoms with E-state index >= 15 is 19.2 Å². The van der Waals surface area contributed by atoms with E-state index < -0.39 is 162 Å². The molecule has 2 heterocycles. The number of aliphatic hydroxyl groups is 3. The zero-order chi connectivity index (χ0) is 81.4. The lowest BCUT2D eigenvalue weighted by Crippen LogP contribution is -2.63. The van der Waals surface area contributed by atoms with E-state index in [4.69, 9.17) is 17.2 Å². The number of amides is 11. The number of carboxylic acids is 1. The second-order valence-corrected chi connectivity index (χ2v) is 28.0. The van der Waals surface area contributed by atoms with Crippen LogP contribution in [-0.4, -0.2) is 217 Å². The van der Waals surface area contributed by atoms with Crippen molar-refractivity contribution in [2.75, 3.05) is 31.2 Å². The van der Waals surface area contributed by atoms with Gasteiger partial charge in [-0.3, -0.25) is 52.7 Å². The van der Waals surface area contributed by atoms with Crippen LogP contribution in [0.25, 0.3) is 21.8 Å². The van der Waals surface area contributed by atoms with Gasteiger partial charge in [0.25, 0.3) is 0 Å². The van der Waals surface area contributed by atoms with E-state index in [-0.39, 0.29) is 69.4 Å². The number of aliphatic hydroxyl groups excluding tert-OH is 3. The third-order valence-electron chi connectivity index (χ3n) is 18.6. The maximum atomic E-state index is 15.5. The third kappa shape index (κ3) is 26.8. The highest BCUT2D eigenvalue weighted by Gasteiger charge is 2.39. The van der Waals surface area contributed by atoms with Crippen LogP contribution in [0.3, 0.4) is 0 Å². The standard InChI is InChI=1S/C78H102N16O16S2/c1-44(96)65(76(107)90-60(36-48-24-10-5-11-25-48)74(105)94-66(45(2)97)77(108)91-63(41-95)75(106)92-64(43-112)78(109)110)93-69(100)57(31-17-19-33-80)85-72(103)61(37-49-39-82-54-28-14-12-26-51(49)54)89-71(102)59(35-47-22-8-4-9-23-47)86-70(101)58(34-46-20-6-3-7-21-46)87-73(104)62(38-50-40-83-55-29-15-13-27-52(50)55)88-68(99)56(30-16-18-32-79)84-67(98)53(81)42-111/h3-15,20-29,39-40,44-45,53,56-66,82-83,95-97,111-112H,16-19,30-38,41-43,79-81H2,1-2H3,(H,84,98)(H,85,103)(H,86,101)(H,87,104)(H,88,99)(H,89,102)(H,90,107)(H,91,108)(H,92,106)(H,93,100)(H,94,105)(H,109,110)/t44-,45-,53+,56-,57+,58+,59+,60+,61-,62+,63+,64+,65+,66+/m1/s1. The molecule has 0 aliphatic rings. The van der Waals surface area contributed by atoms with Gasteiger partial charge in [0.05, 0.1) is 24.9 Å². The Labute approximate surface area is 658 Å². The molecule has 2 aromatic heterocycles. The lowest BCUT2D eigenvalue weighted by atomic mass is 9.99. The van der Waals surface area contributed by atoms with Gasteiger partial charge in [-0.1, -0.05) is 127 Å². The number of aliphatic carboxylic acids is 1. The molecule has 0 saturated heterocycles. The van der Waals surface area contributed by atoms with Gasteiger partial charge < -0.3 is 106 Å². The van der Waals surface area contributed by atoms with Gasteiger partial charge in [-0.05, 0) is 105 Å². The number of para-hydroxylation sites is 2. The number of aromatic amines is 2. The van der Waals surface area contributed by atoms with Crippen LogP contribution >= 0.6 is 25.3 Å². The van der Waals surface area contributed by atoms with Crippen LogP contribution in [0, 0.1) is 0 Å². The lowest BCUT2D eigenvalue weighted by molar-refractivity contribution is -0.142. The molecule has 0 bridgehead atoms. The van der Waals surface area contributed by atoms with Crippen molar-refractivity contribution in [1.82, 2.24) is 68.5 Å². The molecule has 0 fully saturated rings. The van der Waals surface area contributed by atoms with Gasteiger partial charge in [0.1, 0.15) is 66.5 Å². The van der Waals surface area contributed by atoms with Crippen molar-refractivity contribution in [3.8, 4) is 0 Å². The zero-order valence-electron chi connectivity index (χ0n) is 62.1. The SMILES string of the molecule is C[C@@H](O)[C@H](NC(=O)[C@H](Cc1ccccc1)NC(=O)[C@@H](NC(=O)[C@H](CCCCN)NC(=O)[C@@H](Cc1c[nH]c2ccccc12)NC(=O)[C@H](Cc1ccccc1)NC(=O)[C@H](Cc1ccccc1)NC(=O)[C@H](Cc1c[nH]c2ccccc12)NC(=O)[C@@H](CCCCN)NC(=O)[C@@H](N)CS)[C@@H](C)O)C(=O)N[C@@H](CO)C(=O)N[C@@H](CS)C(=O)O. The Balaban J connectivity index is 1.18. The van der Waals surface area contributed by atoms with Crippen LogP contribution < -0.4 is 75.7 Å². The first-order valence-corrected chi connectivity index (χ1v) is 38.2. The maximum Gasteiger partial charge on any atom is 0.327 e. The topological polar surface area (TPSA) is 528 Å². The molecule has 5 aromatic carbocycles. The molecule has 602 valence electrons. The van der Waals surface area contributed by atoms with E-state index in [2.05, 4.69) is 93.7 Å². The third-order valence-corrected chi connectivity index (χ3v) is 19.4. The molecule has 7 rings (SSSR count). The Hall–Kier alpha value is -10.7. The zero-order valence-corrected chi connectivity index (χ0v) is 63.9. The van der Waals surface area contributed by atoms with Gasteiger partial charge in [0.2, 0.25) is 65.0 Å². The van der Waals surface area contributed by atoms with Crippen LogP contribution in [0.5, 0.6) is 0 Å². The monoisotopic (exact) mass is 1580 g/mol. The van der Waals surface area contributed by atoms with Crippen LogP contribution in [0.15, 0.2) is 152 Å². The summed E-state index contributed by atoms with van der Waals surface area (Å²) in [6.45, 7) is 1.70. The van der Waals surface area contributed by atoms with Crippen LogP contribution in [-0.2, 0) is 89.6 Å². The van der Waals surface area contributed by atoms with Crippen molar-refractivity contribution >= 4 is 118 Å². The van der Waals surface area contributed by atoms with Crippen molar-refractivity contribution in [3.05, 3.63) is 180 Å². The van der Waals surface area contributed by atoms with E-state index in [1.165, 1.54) is 6.92 Å². The fraction of sp³-hybridized carbons (Fsp3) is 0.410. The first-order chi connectivity index (χ1) is 53.7. The normalized spacial score (nSPS) is 15.1. The quantitative estimate of drug-likeness (QED) is 0.0157. The van der Waals surface area contributed by atoms with Crippen LogP contribution in [0.1, 0.15) is 80.2 Å². The lowest BCUT2D eigenvalue weighted by Gasteiger charge is -2.29. The molecule has 0 saturated carbocycles. The summed E-state index contributed by atoms with van der Waals surface area (Å²) in [7, 11) is 0. The summed E-state index contributed by atoms with van der Waals surface area (Å²) in [5.74, 6) is -12.3. The van der Waals surface area contributed by atoms with Gasteiger partial charge in [0.15, 0.2) is 0 Å². The van der Waals surface area contributed by atoms with Gasteiger partial charge in [-0.25, -0.2) is 4.79 Å². The molecule has 0 unspecified atom stereocenters. The Bertz CT molecular complexity index is 4290. The van der Waals surface area contributed by atoms with Crippen molar-refractivity contribution < 1.29 is 78.0 Å². The molecule has 0 radical (unpaired) electrons. The molecule has 112 heavy (non-hydrogen) atoms. The summed E-state index contributed by atoms with van der Waals surface area (Å²) in [5.41, 5.74) is 21.9. The molecule has 34 heteroatoms. The number of benzene rings is 5. The van der Waals surface area contributed by atoms with E-state index in [0.29, 0.717) is 64.5 Å². The van der Waals surface area contributed by atoms with Crippen molar-refractivity contribution in [2.45, 2.75) is 169 Å². The van der Waals surface area contributed by atoms with Crippen molar-refractivity contribution in [3.63, 3.8) is 0 Å². The minimum atomic E-state index is -1.88. The molecular weight excluding hydrogens is 1480 g/mol. The predicted octanol–water partition coefficient (Wildman–Crippen LogP) is -1.22. The summed E-state index contributed by atoms with van der Waals surface area (Å²) in [6, 6.07) is 21.5. The largest absolute Gasteiger partial charge is 0.480 e. The number of thiol groups is 2. The minimum Gasteiger partial charge on any atom is -0.480 e. The molecule has 11 amide bonds. The molecule has 0 spiro atoms. The Morgan fingerprint density at radius 1 is 0.366 bits per heavy atom. The fourth-order valence-electron chi connectivity index (χ4n) is 12.4. The summed E-state index contributed by atoms with van der Waals surface area (Å²) >= 11 is 8.07. The fourth-order valence-corrected chi connectivity index (χ4v) is 12.8. The minimum absolute atomic E-state index is 0.0268. The number of carbonyl (C=O) groups is 12. The molecule has 0 aliphatic heterocycles. The number of rotatable bonds is 46. The number of unbranched alkanes of at least 4 members (excludes halogenated alkanes) is 2. The highest BCUT2D eigenvalue weighted by molar-refractivity contribution is 7.80. The number of hydrogen-bond acceptors (Lipinski definition) is 20. The number of nitrogens with two attached hydrogens (primary N) is 3. The summed E-state index contributed by atoms with van der Waals surface area (Å²) in [5, 5.41) is 71.6. The number of fused-ring (bicyclic) bond motifs is 2. The van der Waals surface area contributed by atoms with Crippen LogP contribution in [0.4, 0.5) is 0 Å². The van der Waals surface area contributed by atoms with Gasteiger partial charge in [0, 0.05) is 77.8 Å². The van der Waals surface area contributed by atoms with Gasteiger partial charge in [-0.2, -0.15) is 25.3 Å². The predicted molar refractivity (Wildman–Crippen MR) is 425 cm³/mol. The van der Waals surface area contributed by atoms with Gasteiger partial charge >= 0.3 is 5.97 Å². The molecule has 23 N–H and O–H groups in total. The smallest absolute Gasteiger partial charge is 0.327 e. The molecule has 0 aliphatic carbocycles. The van der Waals surface area contributed by atoms with E-state index in [1.54, 1.807) is 128 Å². The average molecular weight is 1580 g/mol. The summed E-state index contributed by atoms with van der Waals surface area (Å²) in [4.78, 5) is 178. The summed E-state index contributed by atoms with van der Waals surface area (Å²) < 4.78 is 0. The number of H-pyrrole nitrogens is 2. The first kappa shape index (κ1) is 88.5. The number of carboxylic acid groups (broad SMARTS) is 1. The molecule has 14 atom stereocenters. The van der Waals surface area contributed by atoms with E-state index in [1.807, 2.05) is 24.3 Å². The highest BCUT2D eigenvalue weighted by atomic mass is 32.1. The molecule has 7 aromatic rings. The Morgan fingerprint density at radius 2 is 0.661 bits per heavy atom. The van der Waals surface area contributed by atoms with E-state index in [9.17, 15) is 58.8 Å². The highest BCUT2D eigenvalue weighted by Crippen LogP contribution is 2.23. The van der Waals surface area contributed by atoms with Crippen molar-refractivity contribution in [1.29, 1.82) is 0 Å². The Morgan fingerprint density at radius 3 is 1.01 bits per heavy atom. The van der Waals surface area contributed by atoms with E-state index in [0.717, 1.165) is 17.8 Å². The number of carbonyl (C=O) groups excluding carboxylic acids is 11. The second-order valence-electron chi connectivity index (χ2n) is 27.3. The van der Waals surface area contributed by atoms with Gasteiger partial charge in [-0.15, -0.1) is 0 Å². The number of nitrogens with one attached hydrogen (secondary N) is 13. The number of aromatic nitrogens is 2. The molecular formula is C78H102N16O16S2. The second kappa shape index (κ2) is 45.0. The Kier molecular flexibility index (Phi) is 35.5. The average Bonchev–Trinajstić information content (AvgIpc) is 1.69. The number of hydrogen-bond donors (Lipinski definition) is 22. The summed E-state index contributed by atoms with van der Waals surface area (Å²) in [6.07, 6.45) is 0.426. The molecule has 32 nitrogen and oxygen atoms in total. The first-order valence-electron chi connectivity index (χ1n) is 36.9.